The van der Waals surface area contributed by atoms with Gasteiger partial charge in [0.15, 0.2) is 0 Å². The number of aryl methyl sites for hydroxylation is 2. The van der Waals surface area contributed by atoms with E-state index in [4.69, 9.17) is 0 Å². The van der Waals surface area contributed by atoms with Crippen molar-refractivity contribution < 1.29 is 26.4 Å². The minimum absolute atomic E-state index is 0.175. The number of nitrogens with zero attached hydrogens (tertiary/aromatic N) is 4. The Labute approximate surface area is 254 Å². The van der Waals surface area contributed by atoms with Crippen LogP contribution >= 0.6 is 0 Å². The lowest BCUT2D eigenvalue weighted by Crippen LogP contribution is -2.53. The van der Waals surface area contributed by atoms with Crippen molar-refractivity contribution >= 4 is 31.9 Å². The minimum atomic E-state index is -3.85. The summed E-state index contributed by atoms with van der Waals surface area (Å²) in [4.78, 5) is 31.6. The fourth-order valence-corrected chi connectivity index (χ4v) is 10.1. The molecule has 1 unspecified atom stereocenters. The van der Waals surface area contributed by atoms with E-state index >= 15 is 0 Å². The maximum Gasteiger partial charge on any atom is 0.243 e. The second-order valence-corrected chi connectivity index (χ2v) is 15.8. The number of sulfonamides is 2. The zero-order valence-electron chi connectivity index (χ0n) is 24.6. The van der Waals surface area contributed by atoms with Gasteiger partial charge in [-0.05, 0) is 75.8 Å². The third-order valence-corrected chi connectivity index (χ3v) is 13.0. The predicted molar refractivity (Wildman–Crippen MR) is 161 cm³/mol. The molecular weight excluding hydrogens is 588 g/mol. The number of hydrogen-bond donors (Lipinski definition) is 0. The van der Waals surface area contributed by atoms with E-state index < -0.39 is 32.1 Å². The second-order valence-electron chi connectivity index (χ2n) is 12.0. The van der Waals surface area contributed by atoms with E-state index in [0.717, 1.165) is 16.7 Å². The van der Waals surface area contributed by atoms with Crippen LogP contribution in [0.5, 0.6) is 0 Å². The Balaban J connectivity index is 1.18. The molecule has 0 spiro atoms. The van der Waals surface area contributed by atoms with Crippen LogP contribution < -0.4 is 0 Å². The molecule has 0 radical (unpaired) electrons. The van der Waals surface area contributed by atoms with Gasteiger partial charge in [-0.3, -0.25) is 9.59 Å². The Morgan fingerprint density at radius 1 is 0.698 bits per heavy atom. The molecule has 230 valence electrons. The van der Waals surface area contributed by atoms with Crippen molar-refractivity contribution in [1.82, 2.24) is 18.4 Å². The minimum Gasteiger partial charge on any atom is -0.335 e. The quantitative estimate of drug-likeness (QED) is 0.456. The summed E-state index contributed by atoms with van der Waals surface area (Å²) in [5.74, 6) is -0.483. The van der Waals surface area contributed by atoms with Gasteiger partial charge in [-0.25, -0.2) is 16.8 Å². The molecule has 3 fully saturated rings. The van der Waals surface area contributed by atoms with Crippen molar-refractivity contribution in [3.05, 3.63) is 71.3 Å². The molecule has 6 rings (SSSR count). The van der Waals surface area contributed by atoms with Crippen molar-refractivity contribution in [1.29, 1.82) is 0 Å². The molecule has 4 aliphatic rings. The lowest BCUT2D eigenvalue weighted by molar-refractivity contribution is -0.138. The first-order valence-electron chi connectivity index (χ1n) is 14.9. The number of likely N-dealkylation sites (tertiary alicyclic amines) is 1. The van der Waals surface area contributed by atoms with Crippen molar-refractivity contribution in [3.8, 4) is 0 Å². The molecule has 43 heavy (non-hydrogen) atoms. The Morgan fingerprint density at radius 2 is 1.19 bits per heavy atom. The van der Waals surface area contributed by atoms with Gasteiger partial charge >= 0.3 is 0 Å². The number of amides is 2. The van der Waals surface area contributed by atoms with Crippen LogP contribution in [0, 0.1) is 13.8 Å². The average Bonchev–Trinajstić information content (AvgIpc) is 3.76. The first-order valence-corrected chi connectivity index (χ1v) is 17.8. The van der Waals surface area contributed by atoms with Crippen LogP contribution in [0.15, 0.2) is 70.0 Å². The smallest absolute Gasteiger partial charge is 0.243 e. The van der Waals surface area contributed by atoms with Gasteiger partial charge in [-0.15, -0.1) is 0 Å². The van der Waals surface area contributed by atoms with Crippen LogP contribution in [0.25, 0.3) is 0 Å². The lowest BCUT2D eigenvalue weighted by Gasteiger charge is -2.36. The summed E-state index contributed by atoms with van der Waals surface area (Å²) in [5.41, 5.74) is 2.85. The Hall–Kier alpha value is -3.06. The van der Waals surface area contributed by atoms with E-state index in [1.807, 2.05) is 13.8 Å². The van der Waals surface area contributed by atoms with E-state index in [9.17, 15) is 26.4 Å². The fourth-order valence-electron chi connectivity index (χ4n) is 6.83. The van der Waals surface area contributed by atoms with Gasteiger partial charge in [0.25, 0.3) is 0 Å². The van der Waals surface area contributed by atoms with Crippen LogP contribution in [0.3, 0.4) is 0 Å². The highest BCUT2D eigenvalue weighted by molar-refractivity contribution is 7.89. The summed E-state index contributed by atoms with van der Waals surface area (Å²) in [7, 11) is -7.69. The van der Waals surface area contributed by atoms with Gasteiger partial charge in [0.1, 0.15) is 12.1 Å². The van der Waals surface area contributed by atoms with Crippen LogP contribution in [-0.4, -0.2) is 97.9 Å². The third-order valence-electron chi connectivity index (χ3n) is 9.17. The van der Waals surface area contributed by atoms with Crippen molar-refractivity contribution in [3.63, 3.8) is 0 Å². The summed E-state index contributed by atoms with van der Waals surface area (Å²) in [6, 6.07) is 11.4. The highest BCUT2D eigenvalue weighted by atomic mass is 32.2. The molecule has 4 aliphatic heterocycles. The molecule has 3 atom stereocenters. The number of rotatable bonds is 6. The van der Waals surface area contributed by atoms with Gasteiger partial charge in [-0.1, -0.05) is 41.5 Å². The number of fused-ring (bicyclic) bond motifs is 1. The zero-order valence-corrected chi connectivity index (χ0v) is 26.2. The van der Waals surface area contributed by atoms with E-state index in [1.54, 1.807) is 58.3 Å². The lowest BCUT2D eigenvalue weighted by atomic mass is 10.0. The molecule has 0 bridgehead atoms. The largest absolute Gasteiger partial charge is 0.335 e. The van der Waals surface area contributed by atoms with Gasteiger partial charge in [0, 0.05) is 32.7 Å². The van der Waals surface area contributed by atoms with Crippen LogP contribution in [0.4, 0.5) is 0 Å². The summed E-state index contributed by atoms with van der Waals surface area (Å²) < 4.78 is 56.7. The summed E-state index contributed by atoms with van der Waals surface area (Å²) in [6.07, 6.45) is 4.77. The topological polar surface area (TPSA) is 115 Å². The maximum absolute atomic E-state index is 14.0. The fraction of sp³-hybridized carbons (Fsp3) is 0.484. The van der Waals surface area contributed by atoms with Crippen molar-refractivity contribution in [2.24, 2.45) is 0 Å². The monoisotopic (exact) mass is 626 g/mol. The van der Waals surface area contributed by atoms with Gasteiger partial charge < -0.3 is 9.80 Å². The van der Waals surface area contributed by atoms with E-state index in [0.29, 0.717) is 45.2 Å². The molecule has 0 N–H and O–H groups in total. The van der Waals surface area contributed by atoms with Gasteiger partial charge in [0.2, 0.25) is 31.9 Å². The molecule has 4 heterocycles. The number of hydrogen-bond acceptors (Lipinski definition) is 6. The highest BCUT2D eigenvalue weighted by Crippen LogP contribution is 2.34. The van der Waals surface area contributed by atoms with Crippen molar-refractivity contribution in [2.75, 3.05) is 32.7 Å². The SMILES string of the molecule is Cc1ccc(S(=O)(=O)N2CCC[C@H]2C(=O)N2CC3=CCCN(C(=O)[C@@H]4CCCN4S(=O)(=O)c4ccc(C)cc4)C3C2)cc1. The van der Waals surface area contributed by atoms with Crippen LogP contribution in [0.2, 0.25) is 0 Å². The highest BCUT2D eigenvalue weighted by Gasteiger charge is 2.48. The molecule has 0 aromatic heterocycles. The molecule has 0 aliphatic carbocycles. The summed E-state index contributed by atoms with van der Waals surface area (Å²) >= 11 is 0. The van der Waals surface area contributed by atoms with Crippen molar-refractivity contribution in [2.45, 2.75) is 73.9 Å². The van der Waals surface area contributed by atoms with Gasteiger partial charge in [0.05, 0.1) is 15.8 Å². The molecule has 2 aromatic rings. The maximum atomic E-state index is 14.0. The Morgan fingerprint density at radius 3 is 1.70 bits per heavy atom. The van der Waals surface area contributed by atoms with E-state index in [1.165, 1.54) is 8.61 Å². The molecule has 2 aromatic carbocycles. The summed E-state index contributed by atoms with van der Waals surface area (Å²) in [5, 5.41) is 0. The molecule has 3 saturated heterocycles. The number of carbonyl (C=O) groups is 2. The normalized spacial score (nSPS) is 25.2. The third kappa shape index (κ3) is 5.43. The first-order chi connectivity index (χ1) is 20.5. The average molecular weight is 627 g/mol. The molecule has 2 amide bonds. The molecule has 10 nitrogen and oxygen atoms in total. The van der Waals surface area contributed by atoms with Crippen LogP contribution in [0.1, 0.15) is 43.2 Å². The number of carbonyl (C=O) groups excluding carboxylic acids is 2. The Bertz CT molecular complexity index is 1650. The first kappa shape index (κ1) is 30.0. The standard InChI is InChI=1S/C31H38N4O6S2/c1-22-9-13-25(14-10-22)42(38,39)34-18-4-7-27(34)30(36)32-20-24-6-3-17-33(29(24)21-32)31(37)28-8-5-19-35(28)43(40,41)26-15-11-23(2)12-16-26/h6,9-16,27-29H,3-5,7-8,17-21H2,1-2H3/t27-,28-,29?/m0/s1. The zero-order chi connectivity index (χ0) is 30.5. The summed E-state index contributed by atoms with van der Waals surface area (Å²) in [6.45, 7) is 5.39. The molecule has 12 heteroatoms. The van der Waals surface area contributed by atoms with Gasteiger partial charge in [-0.2, -0.15) is 8.61 Å². The second kappa shape index (κ2) is 11.5. The Kier molecular flexibility index (Phi) is 7.99. The van der Waals surface area contributed by atoms with E-state index in [2.05, 4.69) is 6.08 Å². The molecular formula is C31H38N4O6S2. The number of benzene rings is 2. The predicted octanol–water partition coefficient (Wildman–Crippen LogP) is 2.68. The van der Waals surface area contributed by atoms with E-state index in [-0.39, 0.29) is 47.3 Å². The molecule has 0 saturated carbocycles. The van der Waals surface area contributed by atoms with Crippen LogP contribution in [-0.2, 0) is 29.6 Å².